The largest absolute Gasteiger partial charge is 0.465 e. The summed E-state index contributed by atoms with van der Waals surface area (Å²) in [7, 11) is 1.30. The Hall–Kier alpha value is -0.740. The first kappa shape index (κ1) is 11.3. The molecule has 1 aromatic rings. The maximum Gasteiger partial charge on any atom is 0.339 e. The van der Waals surface area contributed by atoms with Gasteiger partial charge in [0.1, 0.15) is 6.07 Å². The third-order valence-corrected chi connectivity index (χ3v) is 3.00. The molecule has 3 nitrogen and oxygen atoms in total. The first-order chi connectivity index (χ1) is 6.60. The lowest BCUT2D eigenvalue weighted by molar-refractivity contribution is 0.0599. The number of thiol groups is 1. The predicted octanol–water partition coefficient (Wildman–Crippen LogP) is 2.24. The lowest BCUT2D eigenvalue weighted by Gasteiger charge is -2.04. The highest BCUT2D eigenvalue weighted by atomic mass is 127. The summed E-state index contributed by atoms with van der Waals surface area (Å²) < 4.78 is 5.18. The van der Waals surface area contributed by atoms with E-state index in [1.807, 2.05) is 28.7 Å². The molecule has 14 heavy (non-hydrogen) atoms. The monoisotopic (exact) mass is 319 g/mol. The third-order valence-electron chi connectivity index (χ3n) is 1.58. The van der Waals surface area contributed by atoms with Crippen molar-refractivity contribution in [3.63, 3.8) is 0 Å². The Morgan fingerprint density at radius 1 is 1.64 bits per heavy atom. The van der Waals surface area contributed by atoms with Gasteiger partial charge in [-0.25, -0.2) is 4.79 Å². The van der Waals surface area contributed by atoms with Crippen LogP contribution in [0.2, 0.25) is 0 Å². The second-order valence-corrected chi connectivity index (χ2v) is 4.05. The van der Waals surface area contributed by atoms with Crippen LogP contribution in [0.5, 0.6) is 0 Å². The quantitative estimate of drug-likeness (QED) is 0.491. The second kappa shape index (κ2) is 4.66. The molecular weight excluding hydrogens is 313 g/mol. The van der Waals surface area contributed by atoms with Crippen LogP contribution in [-0.2, 0) is 4.74 Å². The number of esters is 1. The lowest BCUT2D eigenvalue weighted by atomic mass is 10.1. The Balaban J connectivity index is 3.38. The first-order valence-corrected chi connectivity index (χ1v) is 5.13. The molecule has 0 N–H and O–H groups in total. The molecule has 0 aliphatic heterocycles. The molecule has 0 amide bonds. The van der Waals surface area contributed by atoms with E-state index in [-0.39, 0.29) is 0 Å². The zero-order valence-corrected chi connectivity index (χ0v) is 10.3. The van der Waals surface area contributed by atoms with Gasteiger partial charge in [-0.1, -0.05) is 0 Å². The maximum absolute atomic E-state index is 11.3. The topological polar surface area (TPSA) is 50.1 Å². The van der Waals surface area contributed by atoms with E-state index in [0.717, 1.165) is 0 Å². The summed E-state index contributed by atoms with van der Waals surface area (Å²) in [6, 6.07) is 5.18. The lowest BCUT2D eigenvalue weighted by Crippen LogP contribution is -2.05. The van der Waals surface area contributed by atoms with E-state index in [2.05, 4.69) is 17.4 Å². The maximum atomic E-state index is 11.3. The van der Waals surface area contributed by atoms with Crippen molar-refractivity contribution in [2.75, 3.05) is 7.11 Å². The van der Waals surface area contributed by atoms with Gasteiger partial charge >= 0.3 is 5.97 Å². The Kier molecular flexibility index (Phi) is 3.77. The minimum absolute atomic E-state index is 0.372. The zero-order chi connectivity index (χ0) is 10.7. The van der Waals surface area contributed by atoms with Gasteiger partial charge in [0.15, 0.2) is 0 Å². The number of rotatable bonds is 1. The van der Waals surface area contributed by atoms with E-state index in [9.17, 15) is 4.79 Å². The average Bonchev–Trinajstić information content (AvgIpc) is 2.19. The highest BCUT2D eigenvalue weighted by molar-refractivity contribution is 14.1. The smallest absolute Gasteiger partial charge is 0.339 e. The molecule has 0 spiro atoms. The Bertz CT molecular complexity index is 426. The summed E-state index contributed by atoms with van der Waals surface area (Å²) >= 11 is 6.04. The molecule has 0 heterocycles. The molecule has 5 heteroatoms. The summed E-state index contributed by atoms with van der Waals surface area (Å²) in [6.45, 7) is 0. The highest BCUT2D eigenvalue weighted by Crippen LogP contribution is 2.22. The van der Waals surface area contributed by atoms with E-state index in [1.54, 1.807) is 12.1 Å². The van der Waals surface area contributed by atoms with Crippen molar-refractivity contribution < 1.29 is 9.53 Å². The Labute approximate surface area is 101 Å². The highest BCUT2D eigenvalue weighted by Gasteiger charge is 2.14. The van der Waals surface area contributed by atoms with Crippen LogP contribution in [0.4, 0.5) is 0 Å². The summed E-state index contributed by atoms with van der Waals surface area (Å²) in [4.78, 5) is 11.9. The van der Waals surface area contributed by atoms with Crippen molar-refractivity contribution in [2.24, 2.45) is 0 Å². The molecule has 1 aromatic carbocycles. The molecule has 0 atom stereocenters. The van der Waals surface area contributed by atoms with Crippen LogP contribution in [-0.4, -0.2) is 13.1 Å². The van der Waals surface area contributed by atoms with Gasteiger partial charge < -0.3 is 4.74 Å². The fourth-order valence-corrected chi connectivity index (χ4v) is 1.86. The van der Waals surface area contributed by atoms with Crippen molar-refractivity contribution in [1.29, 1.82) is 5.26 Å². The second-order valence-electron chi connectivity index (χ2n) is 2.46. The van der Waals surface area contributed by atoms with E-state index in [1.165, 1.54) is 7.11 Å². The van der Waals surface area contributed by atoms with Crippen LogP contribution < -0.4 is 0 Å². The van der Waals surface area contributed by atoms with Crippen molar-refractivity contribution in [3.05, 3.63) is 26.8 Å². The third kappa shape index (κ3) is 2.19. The number of hydrogen-bond acceptors (Lipinski definition) is 4. The van der Waals surface area contributed by atoms with Gasteiger partial charge in [0, 0.05) is 8.47 Å². The molecule has 0 fully saturated rings. The van der Waals surface area contributed by atoms with Crippen LogP contribution in [0, 0.1) is 14.9 Å². The van der Waals surface area contributed by atoms with Crippen molar-refractivity contribution in [2.45, 2.75) is 4.90 Å². The van der Waals surface area contributed by atoms with E-state index < -0.39 is 5.97 Å². The summed E-state index contributed by atoms with van der Waals surface area (Å²) in [5.41, 5.74) is 0.802. The fraction of sp³-hybridized carbons (Fsp3) is 0.111. The normalized spacial score (nSPS) is 9.29. The molecule has 0 saturated carbocycles. The number of carbonyl (C=O) groups excluding carboxylic acids is 1. The predicted molar refractivity (Wildman–Crippen MR) is 62.5 cm³/mol. The van der Waals surface area contributed by atoms with Gasteiger partial charge in [0.2, 0.25) is 0 Å². The minimum atomic E-state index is -0.457. The van der Waals surface area contributed by atoms with Crippen LogP contribution in [0.3, 0.4) is 0 Å². The molecule has 0 aliphatic carbocycles. The van der Waals surface area contributed by atoms with Gasteiger partial charge in [-0.05, 0) is 34.7 Å². The summed E-state index contributed by atoms with van der Waals surface area (Å²) in [5, 5.41) is 8.78. The van der Waals surface area contributed by atoms with Crippen LogP contribution in [0.15, 0.2) is 17.0 Å². The number of nitriles is 1. The van der Waals surface area contributed by atoms with Gasteiger partial charge in [0.05, 0.1) is 18.2 Å². The van der Waals surface area contributed by atoms with Gasteiger partial charge in [0.25, 0.3) is 0 Å². The number of ether oxygens (including phenoxy) is 1. The van der Waals surface area contributed by atoms with E-state index in [0.29, 0.717) is 19.6 Å². The molecule has 72 valence electrons. The molecule has 1 rings (SSSR count). The number of methoxy groups -OCH3 is 1. The summed E-state index contributed by atoms with van der Waals surface area (Å²) in [5.74, 6) is -0.457. The standard InChI is InChI=1S/C9H6INO2S/c1-13-9(12)7-3-6(14)2-5(4-11)8(7)10/h2-3,14H,1H3. The number of halogens is 1. The average molecular weight is 319 g/mol. The van der Waals surface area contributed by atoms with Crippen molar-refractivity contribution >= 4 is 41.2 Å². The molecule has 0 saturated heterocycles. The number of benzene rings is 1. The van der Waals surface area contributed by atoms with Crippen molar-refractivity contribution in [1.82, 2.24) is 0 Å². The van der Waals surface area contributed by atoms with E-state index in [4.69, 9.17) is 5.26 Å². The SMILES string of the molecule is COC(=O)c1cc(S)cc(C#N)c1I. The molecule has 0 unspecified atom stereocenters. The minimum Gasteiger partial charge on any atom is -0.465 e. The molecular formula is C9H6INO2S. The number of carbonyl (C=O) groups is 1. The Morgan fingerprint density at radius 2 is 2.29 bits per heavy atom. The summed E-state index contributed by atoms with van der Waals surface area (Å²) in [6.07, 6.45) is 0. The van der Waals surface area contributed by atoms with Crippen molar-refractivity contribution in [3.8, 4) is 6.07 Å². The van der Waals surface area contributed by atoms with Crippen LogP contribution >= 0.6 is 35.2 Å². The molecule has 0 aromatic heterocycles. The van der Waals surface area contributed by atoms with Crippen LogP contribution in [0.1, 0.15) is 15.9 Å². The van der Waals surface area contributed by atoms with Gasteiger partial charge in [-0.15, -0.1) is 12.6 Å². The number of nitrogens with zero attached hydrogens (tertiary/aromatic N) is 1. The zero-order valence-electron chi connectivity index (χ0n) is 7.24. The van der Waals surface area contributed by atoms with Gasteiger partial charge in [-0.2, -0.15) is 5.26 Å². The van der Waals surface area contributed by atoms with E-state index >= 15 is 0 Å². The molecule has 0 aliphatic rings. The Morgan fingerprint density at radius 3 is 2.79 bits per heavy atom. The fourth-order valence-electron chi connectivity index (χ4n) is 0.949. The molecule has 0 radical (unpaired) electrons. The number of hydrogen-bond donors (Lipinski definition) is 1. The first-order valence-electron chi connectivity index (χ1n) is 3.61. The molecule has 0 bridgehead atoms. The van der Waals surface area contributed by atoms with Crippen LogP contribution in [0.25, 0.3) is 0 Å². The van der Waals surface area contributed by atoms with Gasteiger partial charge in [-0.3, -0.25) is 0 Å².